The molecule has 1 aromatic rings. The van der Waals surface area contributed by atoms with Crippen molar-refractivity contribution in [3.8, 4) is 0 Å². The number of nitrogens with one attached hydrogen (secondary N) is 1. The van der Waals surface area contributed by atoms with Crippen LogP contribution in [0, 0.1) is 0 Å². The van der Waals surface area contributed by atoms with Crippen molar-refractivity contribution >= 4 is 11.6 Å². The van der Waals surface area contributed by atoms with Crippen LogP contribution in [0.15, 0.2) is 18.5 Å². The van der Waals surface area contributed by atoms with Gasteiger partial charge in [-0.2, -0.15) is 0 Å². The fraction of sp³-hybridized carbons (Fsp3) is 0.667. The van der Waals surface area contributed by atoms with Crippen LogP contribution in [-0.2, 0) is 11.3 Å². The van der Waals surface area contributed by atoms with E-state index in [-0.39, 0.29) is 0 Å². The topological polar surface area (TPSA) is 34.1 Å². The number of rotatable bonds is 6. The van der Waals surface area contributed by atoms with Gasteiger partial charge in [-0.15, -0.1) is 0 Å². The third-order valence-electron chi connectivity index (χ3n) is 3.69. The second kappa shape index (κ2) is 7.83. The summed E-state index contributed by atoms with van der Waals surface area (Å²) in [5, 5.41) is 4.28. The summed E-state index contributed by atoms with van der Waals surface area (Å²) >= 11 is 6.07. The van der Waals surface area contributed by atoms with Crippen LogP contribution < -0.4 is 5.32 Å². The molecule has 0 radical (unpaired) electrons. The van der Waals surface area contributed by atoms with Crippen LogP contribution in [-0.4, -0.2) is 23.7 Å². The van der Waals surface area contributed by atoms with Crippen LogP contribution in [0.4, 0.5) is 0 Å². The summed E-state index contributed by atoms with van der Waals surface area (Å²) in [6.07, 6.45) is 9.74. The Bertz CT molecular complexity index is 378. The van der Waals surface area contributed by atoms with Crippen molar-refractivity contribution < 1.29 is 4.74 Å². The highest BCUT2D eigenvalue weighted by atomic mass is 35.5. The molecule has 0 aromatic carbocycles. The first-order valence-corrected chi connectivity index (χ1v) is 7.60. The van der Waals surface area contributed by atoms with Gasteiger partial charge in [-0.3, -0.25) is 4.98 Å². The molecule has 2 rings (SSSR count). The lowest BCUT2D eigenvalue weighted by atomic mass is 9.93. The van der Waals surface area contributed by atoms with E-state index in [0.717, 1.165) is 24.9 Å². The Morgan fingerprint density at radius 3 is 2.84 bits per heavy atom. The van der Waals surface area contributed by atoms with Gasteiger partial charge >= 0.3 is 0 Å². The number of hydrogen-bond donors (Lipinski definition) is 1. The zero-order valence-corrected chi connectivity index (χ0v) is 12.3. The summed E-state index contributed by atoms with van der Waals surface area (Å²) < 4.78 is 5.96. The summed E-state index contributed by atoms with van der Waals surface area (Å²) in [5.74, 6) is 0. The van der Waals surface area contributed by atoms with Gasteiger partial charge in [-0.1, -0.05) is 18.5 Å². The van der Waals surface area contributed by atoms with E-state index in [4.69, 9.17) is 16.3 Å². The minimum atomic E-state index is 0.379. The number of pyridine rings is 1. The lowest BCUT2D eigenvalue weighted by Crippen LogP contribution is -2.35. The molecule has 19 heavy (non-hydrogen) atoms. The second-order valence-corrected chi connectivity index (χ2v) is 5.61. The highest BCUT2D eigenvalue weighted by Crippen LogP contribution is 2.23. The maximum absolute atomic E-state index is 6.07. The fourth-order valence-corrected chi connectivity index (χ4v) is 2.68. The monoisotopic (exact) mass is 282 g/mol. The third kappa shape index (κ3) is 4.75. The molecule has 1 aliphatic rings. The van der Waals surface area contributed by atoms with Crippen molar-refractivity contribution in [1.29, 1.82) is 0 Å². The van der Waals surface area contributed by atoms with Gasteiger partial charge in [0.25, 0.3) is 0 Å². The first-order valence-electron chi connectivity index (χ1n) is 7.23. The van der Waals surface area contributed by atoms with E-state index in [0.29, 0.717) is 23.8 Å². The Morgan fingerprint density at radius 1 is 1.37 bits per heavy atom. The molecule has 4 heteroatoms. The van der Waals surface area contributed by atoms with Gasteiger partial charge in [0.1, 0.15) is 0 Å². The SMILES string of the molecule is CCCNC1CCC(OCc2ccncc2Cl)CC1. The van der Waals surface area contributed by atoms with E-state index in [2.05, 4.69) is 17.2 Å². The predicted octanol–water partition coefficient (Wildman–Crippen LogP) is 3.56. The molecule has 1 heterocycles. The zero-order chi connectivity index (χ0) is 13.5. The number of nitrogens with zero attached hydrogens (tertiary/aromatic N) is 1. The van der Waals surface area contributed by atoms with Crippen LogP contribution in [0.5, 0.6) is 0 Å². The molecule has 3 nitrogen and oxygen atoms in total. The summed E-state index contributed by atoms with van der Waals surface area (Å²) in [5.41, 5.74) is 1.03. The Kier molecular flexibility index (Phi) is 6.08. The molecular formula is C15H23ClN2O. The maximum Gasteiger partial charge on any atom is 0.0736 e. The highest BCUT2D eigenvalue weighted by molar-refractivity contribution is 6.31. The average Bonchev–Trinajstić information content (AvgIpc) is 2.45. The van der Waals surface area contributed by atoms with Crippen molar-refractivity contribution in [2.45, 2.75) is 57.8 Å². The van der Waals surface area contributed by atoms with Crippen LogP contribution in [0.1, 0.15) is 44.6 Å². The summed E-state index contributed by atoms with van der Waals surface area (Å²) in [6.45, 7) is 3.93. The number of aromatic nitrogens is 1. The zero-order valence-electron chi connectivity index (χ0n) is 11.6. The van der Waals surface area contributed by atoms with Gasteiger partial charge < -0.3 is 10.1 Å². The summed E-state index contributed by atoms with van der Waals surface area (Å²) in [4.78, 5) is 3.98. The highest BCUT2D eigenvalue weighted by Gasteiger charge is 2.21. The first kappa shape index (κ1) is 14.8. The van der Waals surface area contributed by atoms with E-state index in [9.17, 15) is 0 Å². The van der Waals surface area contributed by atoms with E-state index < -0.39 is 0 Å². The van der Waals surface area contributed by atoms with Crippen LogP contribution in [0.2, 0.25) is 5.02 Å². The molecule has 0 amide bonds. The molecule has 0 unspecified atom stereocenters. The molecule has 0 aliphatic heterocycles. The largest absolute Gasteiger partial charge is 0.373 e. The van der Waals surface area contributed by atoms with Gasteiger partial charge in [0.2, 0.25) is 0 Å². The van der Waals surface area contributed by atoms with Crippen molar-refractivity contribution in [2.24, 2.45) is 0 Å². The molecule has 1 saturated carbocycles. The molecule has 0 atom stereocenters. The fourth-order valence-electron chi connectivity index (χ4n) is 2.51. The number of halogens is 1. The Hall–Kier alpha value is -0.640. The lowest BCUT2D eigenvalue weighted by molar-refractivity contribution is 0.0114. The van der Waals surface area contributed by atoms with E-state index in [1.165, 1.54) is 19.3 Å². The standard InChI is InChI=1S/C15H23ClN2O/c1-2-8-18-13-3-5-14(6-4-13)19-11-12-7-9-17-10-15(12)16/h7,9-10,13-14,18H,2-6,8,11H2,1H3. The molecule has 1 N–H and O–H groups in total. The molecule has 1 aromatic heterocycles. The molecule has 1 aliphatic carbocycles. The Morgan fingerprint density at radius 2 is 2.16 bits per heavy atom. The maximum atomic E-state index is 6.07. The lowest BCUT2D eigenvalue weighted by Gasteiger charge is -2.29. The van der Waals surface area contributed by atoms with Crippen LogP contribution >= 0.6 is 11.6 Å². The number of ether oxygens (including phenoxy) is 1. The van der Waals surface area contributed by atoms with Gasteiger partial charge in [0.15, 0.2) is 0 Å². The minimum Gasteiger partial charge on any atom is -0.373 e. The summed E-state index contributed by atoms with van der Waals surface area (Å²) in [6, 6.07) is 2.61. The van der Waals surface area contributed by atoms with Crippen molar-refractivity contribution in [3.63, 3.8) is 0 Å². The predicted molar refractivity (Wildman–Crippen MR) is 78.4 cm³/mol. The van der Waals surface area contributed by atoms with E-state index >= 15 is 0 Å². The van der Waals surface area contributed by atoms with E-state index in [1.54, 1.807) is 12.4 Å². The quantitative estimate of drug-likeness (QED) is 0.866. The molecular weight excluding hydrogens is 260 g/mol. The van der Waals surface area contributed by atoms with Gasteiger partial charge in [0.05, 0.1) is 17.7 Å². The van der Waals surface area contributed by atoms with Gasteiger partial charge in [-0.05, 0) is 50.3 Å². The first-order chi connectivity index (χ1) is 9.29. The van der Waals surface area contributed by atoms with Crippen molar-refractivity contribution in [1.82, 2.24) is 10.3 Å². The van der Waals surface area contributed by atoms with Crippen molar-refractivity contribution in [2.75, 3.05) is 6.54 Å². The smallest absolute Gasteiger partial charge is 0.0736 e. The average molecular weight is 283 g/mol. The van der Waals surface area contributed by atoms with Crippen molar-refractivity contribution in [3.05, 3.63) is 29.0 Å². The Labute approximate surface area is 120 Å². The van der Waals surface area contributed by atoms with Gasteiger partial charge in [-0.25, -0.2) is 0 Å². The normalized spacial score (nSPS) is 23.5. The molecule has 0 saturated heterocycles. The minimum absolute atomic E-state index is 0.379. The molecule has 106 valence electrons. The molecule has 0 bridgehead atoms. The number of hydrogen-bond acceptors (Lipinski definition) is 3. The molecule has 1 fully saturated rings. The van der Waals surface area contributed by atoms with Crippen LogP contribution in [0.25, 0.3) is 0 Å². The Balaban J connectivity index is 1.70. The summed E-state index contributed by atoms with van der Waals surface area (Å²) in [7, 11) is 0. The second-order valence-electron chi connectivity index (χ2n) is 5.21. The van der Waals surface area contributed by atoms with E-state index in [1.807, 2.05) is 6.07 Å². The van der Waals surface area contributed by atoms with Crippen LogP contribution in [0.3, 0.4) is 0 Å². The van der Waals surface area contributed by atoms with Gasteiger partial charge in [0, 0.05) is 18.4 Å². The third-order valence-corrected chi connectivity index (χ3v) is 4.03. The molecule has 0 spiro atoms.